The summed E-state index contributed by atoms with van der Waals surface area (Å²) in [5.41, 5.74) is 9.12. The number of hydrogen-bond acceptors (Lipinski definition) is 8. The van der Waals surface area contributed by atoms with E-state index in [9.17, 15) is 0 Å². The molecule has 4 N–H and O–H groups in total. The van der Waals surface area contributed by atoms with Crippen LogP contribution in [-0.2, 0) is 0 Å². The maximum Gasteiger partial charge on any atom is 0.162 e. The van der Waals surface area contributed by atoms with Crippen molar-refractivity contribution in [3.63, 3.8) is 0 Å². The van der Waals surface area contributed by atoms with Gasteiger partial charge in [-0.1, -0.05) is 13.8 Å². The number of fused-ring (bicyclic) bond motifs is 1. The number of hydrogen-bond donors (Lipinski definition) is 3. The maximum atomic E-state index is 5.91. The molecule has 0 bridgehead atoms. The van der Waals surface area contributed by atoms with Crippen LogP contribution in [0.4, 0.5) is 11.6 Å². The van der Waals surface area contributed by atoms with Gasteiger partial charge >= 0.3 is 0 Å². The molecular weight excluding hydrogens is 412 g/mol. The van der Waals surface area contributed by atoms with E-state index in [1.54, 1.807) is 6.20 Å². The molecule has 1 saturated carbocycles. The van der Waals surface area contributed by atoms with Crippen molar-refractivity contribution in [1.29, 1.82) is 0 Å². The number of nitrogens with zero attached hydrogens (tertiary/aromatic N) is 5. The molecule has 1 aliphatic heterocycles. The number of rotatable bonds is 6. The average Bonchev–Trinajstić information content (AvgIpc) is 3.62. The lowest BCUT2D eigenvalue weighted by Gasteiger charge is -2.45. The highest BCUT2D eigenvalue weighted by Crippen LogP contribution is 2.45. The van der Waals surface area contributed by atoms with Crippen LogP contribution in [0.25, 0.3) is 22.3 Å². The fourth-order valence-corrected chi connectivity index (χ4v) is 5.08. The van der Waals surface area contributed by atoms with E-state index >= 15 is 0 Å². The predicted molar refractivity (Wildman–Crippen MR) is 133 cm³/mol. The van der Waals surface area contributed by atoms with Crippen LogP contribution in [0.3, 0.4) is 0 Å². The van der Waals surface area contributed by atoms with Crippen molar-refractivity contribution in [3.8, 4) is 11.4 Å². The topological polar surface area (TPSA) is 105 Å². The second-order valence-corrected chi connectivity index (χ2v) is 10.2. The van der Waals surface area contributed by atoms with Gasteiger partial charge in [0.2, 0.25) is 0 Å². The third-order valence-electron chi connectivity index (χ3n) is 6.91. The Morgan fingerprint density at radius 1 is 1.21 bits per heavy atom. The van der Waals surface area contributed by atoms with Gasteiger partial charge in [-0.05, 0) is 61.8 Å². The summed E-state index contributed by atoms with van der Waals surface area (Å²) >= 11 is 0. The summed E-state index contributed by atoms with van der Waals surface area (Å²) in [6, 6.07) is 4.28. The first-order valence-corrected chi connectivity index (χ1v) is 11.9. The van der Waals surface area contributed by atoms with Crippen LogP contribution < -0.4 is 21.3 Å². The molecule has 0 amide bonds. The van der Waals surface area contributed by atoms with Gasteiger partial charge in [-0.3, -0.25) is 4.98 Å². The largest absolute Gasteiger partial charge is 0.355 e. The van der Waals surface area contributed by atoms with E-state index in [-0.39, 0.29) is 11.6 Å². The lowest BCUT2D eigenvalue weighted by molar-refractivity contribution is 0.215. The van der Waals surface area contributed by atoms with Crippen LogP contribution in [-0.4, -0.2) is 52.3 Å². The molecule has 2 unspecified atom stereocenters. The Kier molecular flexibility index (Phi) is 5.66. The van der Waals surface area contributed by atoms with Gasteiger partial charge in [0.05, 0.1) is 17.9 Å². The number of piperidine rings is 1. The van der Waals surface area contributed by atoms with Gasteiger partial charge in [-0.25, -0.2) is 15.0 Å². The lowest BCUT2D eigenvalue weighted by atomic mass is 9.79. The summed E-state index contributed by atoms with van der Waals surface area (Å²) in [7, 11) is 2.19. The SMILES string of the molecule is CC(N)Nc1cc(-c2nc(N(C)C3CCNCC3(C)C)c3c(C4CC4)cncc3n2)ccn1. The van der Waals surface area contributed by atoms with Crippen molar-refractivity contribution in [2.45, 2.75) is 58.2 Å². The Bertz CT molecular complexity index is 1150. The second-order valence-electron chi connectivity index (χ2n) is 10.2. The Hall–Kier alpha value is -2.84. The number of nitrogens with one attached hydrogen (secondary N) is 2. The van der Waals surface area contributed by atoms with Gasteiger partial charge in [-0.2, -0.15) is 0 Å². The molecule has 4 heterocycles. The number of aromatic nitrogens is 4. The van der Waals surface area contributed by atoms with Crippen LogP contribution in [0.1, 0.15) is 51.5 Å². The zero-order valence-electron chi connectivity index (χ0n) is 20.0. The summed E-state index contributed by atoms with van der Waals surface area (Å²) < 4.78 is 0. The number of nitrogens with two attached hydrogens (primary N) is 1. The number of anilines is 2. The van der Waals surface area contributed by atoms with Crippen molar-refractivity contribution in [2.24, 2.45) is 11.1 Å². The van der Waals surface area contributed by atoms with Crippen LogP contribution >= 0.6 is 0 Å². The van der Waals surface area contributed by atoms with Crippen molar-refractivity contribution >= 4 is 22.5 Å². The van der Waals surface area contributed by atoms with Crippen LogP contribution in [0.2, 0.25) is 0 Å². The molecule has 0 spiro atoms. The van der Waals surface area contributed by atoms with E-state index in [1.807, 2.05) is 31.5 Å². The Labute approximate surface area is 195 Å². The van der Waals surface area contributed by atoms with Gasteiger partial charge in [-0.15, -0.1) is 0 Å². The Morgan fingerprint density at radius 3 is 2.76 bits per heavy atom. The average molecular weight is 447 g/mol. The summed E-state index contributed by atoms with van der Waals surface area (Å²) in [5, 5.41) is 7.87. The summed E-state index contributed by atoms with van der Waals surface area (Å²) in [4.78, 5) is 21.5. The first-order chi connectivity index (χ1) is 15.8. The van der Waals surface area contributed by atoms with E-state index in [0.29, 0.717) is 23.6 Å². The third kappa shape index (κ3) is 4.37. The first-order valence-electron chi connectivity index (χ1n) is 11.9. The smallest absolute Gasteiger partial charge is 0.162 e. The van der Waals surface area contributed by atoms with E-state index in [0.717, 1.165) is 41.8 Å². The van der Waals surface area contributed by atoms with Crippen molar-refractivity contribution in [3.05, 3.63) is 36.3 Å². The fraction of sp³-hybridized carbons (Fsp3) is 0.520. The molecule has 3 aromatic rings. The lowest BCUT2D eigenvalue weighted by Crippen LogP contribution is -2.53. The summed E-state index contributed by atoms with van der Waals surface area (Å²) in [6.45, 7) is 8.57. The normalized spacial score (nSPS) is 21.1. The zero-order chi connectivity index (χ0) is 23.2. The molecule has 3 aromatic heterocycles. The predicted octanol–water partition coefficient (Wildman–Crippen LogP) is 3.51. The van der Waals surface area contributed by atoms with Crippen LogP contribution in [0.5, 0.6) is 0 Å². The molecule has 2 aliphatic rings. The maximum absolute atomic E-state index is 5.91. The standard InChI is InChI=1S/C25H34N8/c1-15(26)30-21-11-17(7-10-29-21)23-31-19-13-28-12-18(16-5-6-16)22(19)24(32-23)33(4)20-8-9-27-14-25(20,2)3/h7,10-13,15-16,20,27H,5-6,8-9,14,26H2,1-4H3,(H,29,30). The molecule has 0 radical (unpaired) electrons. The van der Waals surface area contributed by atoms with Gasteiger partial charge in [0.25, 0.3) is 0 Å². The van der Waals surface area contributed by atoms with Gasteiger partial charge in [0, 0.05) is 43.0 Å². The molecule has 8 heteroatoms. The van der Waals surface area contributed by atoms with E-state index in [4.69, 9.17) is 15.7 Å². The molecule has 5 rings (SSSR count). The van der Waals surface area contributed by atoms with Gasteiger partial charge < -0.3 is 21.3 Å². The molecule has 174 valence electrons. The first kappa shape index (κ1) is 22.0. The molecule has 33 heavy (non-hydrogen) atoms. The molecule has 2 atom stereocenters. The minimum absolute atomic E-state index is 0.127. The van der Waals surface area contributed by atoms with Crippen LogP contribution in [0.15, 0.2) is 30.7 Å². The molecule has 1 saturated heterocycles. The molecule has 0 aromatic carbocycles. The second kappa shape index (κ2) is 8.50. The fourth-order valence-electron chi connectivity index (χ4n) is 5.08. The monoisotopic (exact) mass is 446 g/mol. The van der Waals surface area contributed by atoms with Gasteiger partial charge in [0.15, 0.2) is 5.82 Å². The highest BCUT2D eigenvalue weighted by atomic mass is 15.2. The molecule has 1 aliphatic carbocycles. The zero-order valence-corrected chi connectivity index (χ0v) is 20.0. The Balaban J connectivity index is 1.66. The highest BCUT2D eigenvalue weighted by Gasteiger charge is 2.37. The van der Waals surface area contributed by atoms with Gasteiger partial charge in [0.1, 0.15) is 11.6 Å². The van der Waals surface area contributed by atoms with Crippen molar-refractivity contribution in [2.75, 3.05) is 30.4 Å². The van der Waals surface area contributed by atoms with Crippen molar-refractivity contribution in [1.82, 2.24) is 25.3 Å². The minimum Gasteiger partial charge on any atom is -0.355 e. The Morgan fingerprint density at radius 2 is 2.03 bits per heavy atom. The minimum atomic E-state index is -0.195. The molecular formula is C25H34N8. The van der Waals surface area contributed by atoms with Crippen molar-refractivity contribution < 1.29 is 0 Å². The quantitative estimate of drug-likeness (QED) is 0.494. The molecule has 2 fully saturated rings. The third-order valence-corrected chi connectivity index (χ3v) is 6.91. The molecule has 8 nitrogen and oxygen atoms in total. The van der Waals surface area contributed by atoms with Crippen LogP contribution in [0, 0.1) is 5.41 Å². The van der Waals surface area contributed by atoms with E-state index < -0.39 is 0 Å². The van der Waals surface area contributed by atoms with E-state index in [1.165, 1.54) is 18.4 Å². The summed E-state index contributed by atoms with van der Waals surface area (Å²) in [5.74, 6) is 2.95. The van der Waals surface area contributed by atoms with E-state index in [2.05, 4.69) is 46.4 Å². The summed E-state index contributed by atoms with van der Waals surface area (Å²) in [6.07, 6.45) is 8.96. The highest BCUT2D eigenvalue weighted by molar-refractivity contribution is 5.94. The number of pyridine rings is 2.